The molecule has 0 amide bonds. The van der Waals surface area contributed by atoms with E-state index in [0.717, 1.165) is 50.2 Å². The van der Waals surface area contributed by atoms with Crippen molar-refractivity contribution in [3.63, 3.8) is 0 Å². The summed E-state index contributed by atoms with van der Waals surface area (Å²) in [6, 6.07) is 0.623. The van der Waals surface area contributed by atoms with Gasteiger partial charge < -0.3 is 15.2 Å². The smallest absolute Gasteiger partial charge is 0.191 e. The highest BCUT2D eigenvalue weighted by atomic mass is 15.3. The summed E-state index contributed by atoms with van der Waals surface area (Å²) in [4.78, 5) is 7.31. The topological polar surface area (TPSA) is 70.4 Å². The van der Waals surface area contributed by atoms with E-state index >= 15 is 0 Å². The normalized spacial score (nSPS) is 21.8. The Bertz CT molecular complexity index is 566. The number of likely N-dealkylation sites (N-methyl/N-ethyl adjacent to an activating group) is 1. The quantitative estimate of drug-likeness (QED) is 0.603. The Kier molecular flexibility index (Phi) is 6.67. The number of hydrogen-bond donors (Lipinski definition) is 2. The maximum atomic E-state index is 4.76. The number of rotatable bonds is 6. The monoisotopic (exact) mass is 347 g/mol. The van der Waals surface area contributed by atoms with Crippen LogP contribution in [0.25, 0.3) is 0 Å². The van der Waals surface area contributed by atoms with Crippen LogP contribution in [-0.2, 0) is 19.5 Å². The molecule has 2 aliphatic rings. The van der Waals surface area contributed by atoms with E-state index < -0.39 is 0 Å². The Balaban J connectivity index is 1.59. The molecule has 0 radical (unpaired) electrons. The van der Waals surface area contributed by atoms with Gasteiger partial charge in [-0.15, -0.1) is 10.2 Å². The average Bonchev–Trinajstić information content (AvgIpc) is 3.17. The second-order valence-corrected chi connectivity index (χ2v) is 7.00. The number of guanidine groups is 1. The van der Waals surface area contributed by atoms with Crippen LogP contribution in [0, 0.1) is 0 Å². The second-order valence-electron chi connectivity index (χ2n) is 7.00. The van der Waals surface area contributed by atoms with Gasteiger partial charge >= 0.3 is 0 Å². The number of nitrogens with one attached hydrogen (secondary N) is 2. The lowest BCUT2D eigenvalue weighted by Crippen LogP contribution is -2.44. The maximum Gasteiger partial charge on any atom is 0.191 e. The third-order valence-corrected chi connectivity index (χ3v) is 5.32. The van der Waals surface area contributed by atoms with Crippen molar-refractivity contribution in [2.75, 3.05) is 26.2 Å². The van der Waals surface area contributed by atoms with Crippen LogP contribution in [0.3, 0.4) is 0 Å². The zero-order valence-corrected chi connectivity index (χ0v) is 15.8. The summed E-state index contributed by atoms with van der Waals surface area (Å²) >= 11 is 0. The molecule has 0 bridgehead atoms. The van der Waals surface area contributed by atoms with Gasteiger partial charge in [0, 0.05) is 32.1 Å². The minimum Gasteiger partial charge on any atom is -0.357 e. The minimum atomic E-state index is 0.588. The number of fused-ring (bicyclic) bond motifs is 1. The van der Waals surface area contributed by atoms with Gasteiger partial charge in [0.25, 0.3) is 0 Å². The molecule has 0 aromatic carbocycles. The average molecular weight is 348 g/mol. The Morgan fingerprint density at radius 3 is 2.88 bits per heavy atom. The van der Waals surface area contributed by atoms with Crippen molar-refractivity contribution in [2.45, 2.75) is 71.5 Å². The molecule has 0 saturated carbocycles. The van der Waals surface area contributed by atoms with Gasteiger partial charge in [0.2, 0.25) is 0 Å². The molecule has 7 heteroatoms. The lowest BCUT2D eigenvalue weighted by molar-refractivity contribution is 0.267. The Labute approximate surface area is 151 Å². The first-order chi connectivity index (χ1) is 12.3. The molecule has 7 nitrogen and oxygen atoms in total. The van der Waals surface area contributed by atoms with E-state index in [1.54, 1.807) is 0 Å². The van der Waals surface area contributed by atoms with Crippen molar-refractivity contribution in [1.82, 2.24) is 30.3 Å². The highest BCUT2D eigenvalue weighted by Gasteiger charge is 2.22. The Morgan fingerprint density at radius 2 is 2.04 bits per heavy atom. The van der Waals surface area contributed by atoms with Crippen LogP contribution in [-0.4, -0.2) is 57.8 Å². The van der Waals surface area contributed by atoms with Gasteiger partial charge in [-0.05, 0) is 45.7 Å². The largest absolute Gasteiger partial charge is 0.357 e. The molecule has 1 aromatic heterocycles. The third kappa shape index (κ3) is 4.71. The van der Waals surface area contributed by atoms with E-state index in [-0.39, 0.29) is 0 Å². The van der Waals surface area contributed by atoms with E-state index in [4.69, 9.17) is 4.99 Å². The van der Waals surface area contributed by atoms with Gasteiger partial charge in [-0.3, -0.25) is 4.90 Å². The first-order valence-corrected chi connectivity index (χ1v) is 9.99. The van der Waals surface area contributed by atoms with E-state index in [0.29, 0.717) is 12.6 Å². The number of aryl methyl sites for hydroxylation is 1. The summed E-state index contributed by atoms with van der Waals surface area (Å²) in [5.41, 5.74) is 0. The fourth-order valence-corrected chi connectivity index (χ4v) is 3.91. The van der Waals surface area contributed by atoms with Crippen LogP contribution < -0.4 is 10.6 Å². The van der Waals surface area contributed by atoms with Crippen LogP contribution >= 0.6 is 0 Å². The van der Waals surface area contributed by atoms with Gasteiger partial charge in [-0.25, -0.2) is 4.99 Å². The molecule has 0 spiro atoms. The minimum absolute atomic E-state index is 0.588. The van der Waals surface area contributed by atoms with Gasteiger partial charge in [-0.1, -0.05) is 13.3 Å². The Morgan fingerprint density at radius 1 is 1.12 bits per heavy atom. The number of likely N-dealkylation sites (tertiary alicyclic amines) is 1. The molecule has 25 heavy (non-hydrogen) atoms. The fourth-order valence-electron chi connectivity index (χ4n) is 3.91. The molecular weight excluding hydrogens is 314 g/mol. The maximum absolute atomic E-state index is 4.76. The summed E-state index contributed by atoms with van der Waals surface area (Å²) in [7, 11) is 0. The lowest BCUT2D eigenvalue weighted by atomic mass is 10.2. The molecule has 140 valence electrons. The van der Waals surface area contributed by atoms with Crippen LogP contribution in [0.2, 0.25) is 0 Å². The van der Waals surface area contributed by atoms with Crippen molar-refractivity contribution >= 4 is 5.96 Å². The summed E-state index contributed by atoms with van der Waals surface area (Å²) in [5.74, 6) is 3.01. The molecule has 1 atom stereocenters. The van der Waals surface area contributed by atoms with Crippen LogP contribution in [0.4, 0.5) is 0 Å². The van der Waals surface area contributed by atoms with Crippen molar-refractivity contribution in [1.29, 1.82) is 0 Å². The molecule has 1 fully saturated rings. The van der Waals surface area contributed by atoms with E-state index in [2.05, 4.69) is 44.1 Å². The number of nitrogens with zero attached hydrogens (tertiary/aromatic N) is 5. The van der Waals surface area contributed by atoms with Gasteiger partial charge in [0.15, 0.2) is 11.8 Å². The molecule has 1 aromatic rings. The molecule has 3 heterocycles. The standard InChI is InChI=1S/C18H33N7/c1-3-19-18(20-13-15-9-8-11-24(15)4-2)21-14-17-23-22-16-10-6-5-7-12-25(16)17/h15H,3-14H2,1-2H3,(H2,19,20,21). The Hall–Kier alpha value is -1.63. The zero-order chi connectivity index (χ0) is 17.5. The summed E-state index contributed by atoms with van der Waals surface area (Å²) in [6.07, 6.45) is 7.35. The third-order valence-electron chi connectivity index (χ3n) is 5.32. The number of aromatic nitrogens is 3. The molecule has 3 rings (SSSR count). The summed E-state index contributed by atoms with van der Waals surface area (Å²) < 4.78 is 2.27. The van der Waals surface area contributed by atoms with E-state index in [1.807, 2.05) is 0 Å². The van der Waals surface area contributed by atoms with Crippen molar-refractivity contribution < 1.29 is 0 Å². The SMILES string of the molecule is CCNC(=NCc1nnc2n1CCCCC2)NCC1CCCN1CC. The zero-order valence-electron chi connectivity index (χ0n) is 15.8. The van der Waals surface area contributed by atoms with E-state index in [9.17, 15) is 0 Å². The van der Waals surface area contributed by atoms with Crippen LogP contribution in [0.15, 0.2) is 4.99 Å². The van der Waals surface area contributed by atoms with Crippen LogP contribution in [0.1, 0.15) is 57.6 Å². The lowest BCUT2D eigenvalue weighted by Gasteiger charge is -2.23. The predicted octanol–water partition coefficient (Wildman–Crippen LogP) is 1.54. The van der Waals surface area contributed by atoms with E-state index in [1.165, 1.54) is 38.6 Å². The summed E-state index contributed by atoms with van der Waals surface area (Å²) in [5, 5.41) is 15.6. The molecule has 2 N–H and O–H groups in total. The first-order valence-electron chi connectivity index (χ1n) is 9.99. The van der Waals surface area contributed by atoms with Gasteiger partial charge in [-0.2, -0.15) is 0 Å². The van der Waals surface area contributed by atoms with Crippen molar-refractivity contribution in [2.24, 2.45) is 4.99 Å². The van der Waals surface area contributed by atoms with Crippen LogP contribution in [0.5, 0.6) is 0 Å². The fraction of sp³-hybridized carbons (Fsp3) is 0.833. The van der Waals surface area contributed by atoms with Crippen molar-refractivity contribution in [3.05, 3.63) is 11.6 Å². The van der Waals surface area contributed by atoms with Gasteiger partial charge in [0.1, 0.15) is 12.4 Å². The first kappa shape index (κ1) is 18.2. The second kappa shape index (κ2) is 9.17. The number of aliphatic imine (C=N–C) groups is 1. The van der Waals surface area contributed by atoms with Gasteiger partial charge in [0.05, 0.1) is 0 Å². The molecular formula is C18H33N7. The highest BCUT2D eigenvalue weighted by Crippen LogP contribution is 2.16. The molecule has 1 saturated heterocycles. The predicted molar refractivity (Wildman–Crippen MR) is 101 cm³/mol. The molecule has 0 aliphatic carbocycles. The summed E-state index contributed by atoms with van der Waals surface area (Å²) in [6.45, 7) is 10.1. The van der Waals surface area contributed by atoms with Crippen molar-refractivity contribution in [3.8, 4) is 0 Å². The molecule has 2 aliphatic heterocycles. The highest BCUT2D eigenvalue weighted by molar-refractivity contribution is 5.79. The molecule has 1 unspecified atom stereocenters. The number of hydrogen-bond acceptors (Lipinski definition) is 4.